The molecule has 1 saturated carbocycles. The van der Waals surface area contributed by atoms with Gasteiger partial charge >= 0.3 is 0 Å². The summed E-state index contributed by atoms with van der Waals surface area (Å²) in [7, 11) is 0. The second-order valence-electron chi connectivity index (χ2n) is 4.70. The van der Waals surface area contributed by atoms with E-state index < -0.39 is 0 Å². The summed E-state index contributed by atoms with van der Waals surface area (Å²) in [5, 5.41) is 12.2. The Bertz CT molecular complexity index is 394. The third kappa shape index (κ3) is 1.88. The Morgan fingerprint density at radius 1 is 1.25 bits per heavy atom. The van der Waals surface area contributed by atoms with E-state index >= 15 is 0 Å². The van der Waals surface area contributed by atoms with Gasteiger partial charge in [-0.1, -0.05) is 18.5 Å². The maximum absolute atomic E-state index is 5.94. The van der Waals surface area contributed by atoms with Gasteiger partial charge in [0.15, 0.2) is 11.0 Å². The predicted molar refractivity (Wildman–Crippen MR) is 67.0 cm³/mol. The molecule has 4 heteroatoms. The Labute approximate surface area is 102 Å². The van der Waals surface area contributed by atoms with Crippen molar-refractivity contribution in [3.05, 3.63) is 16.3 Å². The van der Waals surface area contributed by atoms with Crippen LogP contribution in [0.4, 0.5) is 5.82 Å². The van der Waals surface area contributed by atoms with Gasteiger partial charge in [-0.05, 0) is 50.7 Å². The van der Waals surface area contributed by atoms with Crippen LogP contribution < -0.4 is 5.32 Å². The van der Waals surface area contributed by atoms with Crippen molar-refractivity contribution in [2.24, 2.45) is 0 Å². The van der Waals surface area contributed by atoms with E-state index in [9.17, 15) is 0 Å². The molecule has 0 saturated heterocycles. The molecule has 0 aliphatic heterocycles. The van der Waals surface area contributed by atoms with Crippen LogP contribution in [0.3, 0.4) is 0 Å². The lowest BCUT2D eigenvalue weighted by molar-refractivity contribution is 0.268. The molecular weight excluding hydrogens is 222 g/mol. The van der Waals surface area contributed by atoms with Crippen LogP contribution in [-0.4, -0.2) is 15.7 Å². The highest BCUT2D eigenvalue weighted by atomic mass is 35.5. The lowest BCUT2D eigenvalue weighted by Gasteiger charge is -2.42. The molecule has 0 atom stereocenters. The van der Waals surface area contributed by atoms with Gasteiger partial charge in [-0.3, -0.25) is 0 Å². The molecule has 0 unspecified atom stereocenters. The highest BCUT2D eigenvalue weighted by Crippen LogP contribution is 2.38. The van der Waals surface area contributed by atoms with Crippen LogP contribution in [-0.2, 0) is 0 Å². The standard InChI is InChI=1S/C12H18ClN3/c1-4-12(6-5-7-12)14-11-9(3)8(2)10(13)15-16-11/h4-7H2,1-3H3,(H,14,16). The quantitative estimate of drug-likeness (QED) is 0.878. The van der Waals surface area contributed by atoms with Gasteiger partial charge in [-0.15, -0.1) is 10.2 Å². The van der Waals surface area contributed by atoms with Crippen molar-refractivity contribution in [3.8, 4) is 0 Å². The van der Waals surface area contributed by atoms with E-state index in [4.69, 9.17) is 11.6 Å². The molecule has 0 spiro atoms. The summed E-state index contributed by atoms with van der Waals surface area (Å²) in [5.41, 5.74) is 2.38. The zero-order valence-electron chi connectivity index (χ0n) is 10.1. The first-order chi connectivity index (χ1) is 7.58. The predicted octanol–water partition coefficient (Wildman–Crippen LogP) is 3.49. The molecule has 3 nitrogen and oxygen atoms in total. The number of hydrogen-bond donors (Lipinski definition) is 1. The summed E-state index contributed by atoms with van der Waals surface area (Å²) in [5.74, 6) is 0.892. The Kier molecular flexibility index (Phi) is 3.06. The van der Waals surface area contributed by atoms with Crippen molar-refractivity contribution >= 4 is 17.4 Å². The summed E-state index contributed by atoms with van der Waals surface area (Å²) in [4.78, 5) is 0. The van der Waals surface area contributed by atoms with E-state index in [1.807, 2.05) is 13.8 Å². The van der Waals surface area contributed by atoms with E-state index in [1.54, 1.807) is 0 Å². The summed E-state index contributed by atoms with van der Waals surface area (Å²) in [6.45, 7) is 6.24. The minimum Gasteiger partial charge on any atom is -0.363 e. The van der Waals surface area contributed by atoms with Gasteiger partial charge in [0, 0.05) is 5.54 Å². The Hall–Kier alpha value is -0.830. The zero-order valence-corrected chi connectivity index (χ0v) is 10.9. The van der Waals surface area contributed by atoms with Crippen LogP contribution in [0.2, 0.25) is 5.15 Å². The highest BCUT2D eigenvalue weighted by molar-refractivity contribution is 6.30. The number of nitrogens with zero attached hydrogens (tertiary/aromatic N) is 2. The van der Waals surface area contributed by atoms with Gasteiger partial charge in [0.2, 0.25) is 0 Å². The molecule has 1 aliphatic carbocycles. The minimum absolute atomic E-state index is 0.250. The largest absolute Gasteiger partial charge is 0.363 e. The number of aromatic nitrogens is 2. The smallest absolute Gasteiger partial charge is 0.155 e. The molecule has 1 aromatic heterocycles. The van der Waals surface area contributed by atoms with Crippen molar-refractivity contribution in [3.63, 3.8) is 0 Å². The molecule has 1 aromatic rings. The first-order valence-corrected chi connectivity index (χ1v) is 6.23. The lowest BCUT2D eigenvalue weighted by Crippen LogP contribution is -2.44. The maximum atomic E-state index is 5.94. The third-order valence-electron chi connectivity index (χ3n) is 3.84. The molecule has 0 amide bonds. The molecule has 16 heavy (non-hydrogen) atoms. The first-order valence-electron chi connectivity index (χ1n) is 5.85. The fourth-order valence-corrected chi connectivity index (χ4v) is 2.30. The summed E-state index contributed by atoms with van der Waals surface area (Å²) >= 11 is 5.94. The zero-order chi connectivity index (χ0) is 11.8. The van der Waals surface area contributed by atoms with Crippen LogP contribution >= 0.6 is 11.6 Å². The molecule has 0 aromatic carbocycles. The fourth-order valence-electron chi connectivity index (χ4n) is 2.12. The van der Waals surface area contributed by atoms with Crippen molar-refractivity contribution in [2.75, 3.05) is 5.32 Å². The average molecular weight is 240 g/mol. The molecule has 88 valence electrons. The highest BCUT2D eigenvalue weighted by Gasteiger charge is 2.35. The Morgan fingerprint density at radius 3 is 2.44 bits per heavy atom. The monoisotopic (exact) mass is 239 g/mol. The summed E-state index contributed by atoms with van der Waals surface area (Å²) in [6, 6.07) is 0. The van der Waals surface area contributed by atoms with E-state index in [0.29, 0.717) is 5.15 Å². The normalized spacial score (nSPS) is 18.0. The molecule has 1 N–H and O–H groups in total. The minimum atomic E-state index is 0.250. The molecule has 0 bridgehead atoms. The maximum Gasteiger partial charge on any atom is 0.155 e. The molecule has 1 fully saturated rings. The second-order valence-corrected chi connectivity index (χ2v) is 5.06. The van der Waals surface area contributed by atoms with Crippen LogP contribution in [0.1, 0.15) is 43.7 Å². The molecule has 1 aliphatic rings. The van der Waals surface area contributed by atoms with Crippen molar-refractivity contribution < 1.29 is 0 Å². The van der Waals surface area contributed by atoms with E-state index in [2.05, 4.69) is 22.4 Å². The number of halogens is 1. The van der Waals surface area contributed by atoms with Gasteiger partial charge in [-0.25, -0.2) is 0 Å². The van der Waals surface area contributed by atoms with E-state index in [1.165, 1.54) is 19.3 Å². The van der Waals surface area contributed by atoms with Gasteiger partial charge in [-0.2, -0.15) is 0 Å². The topological polar surface area (TPSA) is 37.8 Å². The number of hydrogen-bond acceptors (Lipinski definition) is 3. The van der Waals surface area contributed by atoms with Crippen LogP contribution in [0.15, 0.2) is 0 Å². The molecular formula is C12H18ClN3. The third-order valence-corrected chi connectivity index (χ3v) is 4.20. The summed E-state index contributed by atoms with van der Waals surface area (Å²) < 4.78 is 0. The van der Waals surface area contributed by atoms with Crippen molar-refractivity contribution in [1.82, 2.24) is 10.2 Å². The molecule has 2 rings (SSSR count). The number of rotatable bonds is 3. The molecule has 1 heterocycles. The van der Waals surface area contributed by atoms with Crippen molar-refractivity contribution in [1.29, 1.82) is 0 Å². The molecule has 0 radical (unpaired) electrons. The second kappa shape index (κ2) is 4.21. The van der Waals surface area contributed by atoms with E-state index in [-0.39, 0.29) is 5.54 Å². The summed E-state index contributed by atoms with van der Waals surface area (Å²) in [6.07, 6.45) is 4.90. The van der Waals surface area contributed by atoms with Gasteiger partial charge in [0.25, 0.3) is 0 Å². The van der Waals surface area contributed by atoms with Crippen LogP contribution in [0, 0.1) is 13.8 Å². The van der Waals surface area contributed by atoms with E-state index in [0.717, 1.165) is 23.4 Å². The van der Waals surface area contributed by atoms with Crippen molar-refractivity contribution in [2.45, 2.75) is 52.0 Å². The van der Waals surface area contributed by atoms with Crippen LogP contribution in [0.25, 0.3) is 0 Å². The Morgan fingerprint density at radius 2 is 1.94 bits per heavy atom. The average Bonchev–Trinajstić information content (AvgIpc) is 2.23. The Balaban J connectivity index is 2.25. The van der Waals surface area contributed by atoms with Gasteiger partial charge < -0.3 is 5.32 Å². The SMILES string of the molecule is CCC1(Nc2nnc(Cl)c(C)c2C)CCC1. The van der Waals surface area contributed by atoms with Gasteiger partial charge in [0.05, 0.1) is 0 Å². The van der Waals surface area contributed by atoms with Crippen LogP contribution in [0.5, 0.6) is 0 Å². The number of nitrogens with one attached hydrogen (secondary N) is 1. The lowest BCUT2D eigenvalue weighted by atomic mass is 9.75. The fraction of sp³-hybridized carbons (Fsp3) is 0.667. The first kappa shape index (κ1) is 11.6. The number of anilines is 1. The van der Waals surface area contributed by atoms with Gasteiger partial charge in [0.1, 0.15) is 0 Å².